The smallest absolute Gasteiger partial charge is 0.238 e. The van der Waals surface area contributed by atoms with Gasteiger partial charge in [-0.05, 0) is 38.6 Å². The Morgan fingerprint density at radius 2 is 1.96 bits per heavy atom. The number of hydrogen-bond donors (Lipinski definition) is 2. The molecule has 1 rings (SSSR count). The van der Waals surface area contributed by atoms with Gasteiger partial charge in [0.1, 0.15) is 5.75 Å². The summed E-state index contributed by atoms with van der Waals surface area (Å²) in [5.74, 6) is 0.180. The fourth-order valence-electron chi connectivity index (χ4n) is 1.94. The molecule has 0 saturated carbocycles. The molecule has 2 N–H and O–H groups in total. The predicted molar refractivity (Wildman–Crippen MR) is 92.0 cm³/mol. The van der Waals surface area contributed by atoms with Gasteiger partial charge in [0.2, 0.25) is 11.8 Å². The van der Waals surface area contributed by atoms with E-state index in [0.717, 1.165) is 6.42 Å². The monoisotopic (exact) mass is 341 g/mol. The summed E-state index contributed by atoms with van der Waals surface area (Å²) in [7, 11) is 3.23. The van der Waals surface area contributed by atoms with Gasteiger partial charge in [-0.3, -0.25) is 14.5 Å². The third-order valence-electron chi connectivity index (χ3n) is 3.28. The van der Waals surface area contributed by atoms with Crippen molar-refractivity contribution in [3.8, 4) is 5.75 Å². The fourth-order valence-corrected chi connectivity index (χ4v) is 2.11. The van der Waals surface area contributed by atoms with Crippen molar-refractivity contribution in [2.45, 2.75) is 26.3 Å². The summed E-state index contributed by atoms with van der Waals surface area (Å²) in [4.78, 5) is 25.5. The van der Waals surface area contributed by atoms with Crippen molar-refractivity contribution in [3.63, 3.8) is 0 Å². The summed E-state index contributed by atoms with van der Waals surface area (Å²) in [5.41, 5.74) is 0.502. The maximum absolute atomic E-state index is 12.1. The molecule has 0 spiro atoms. The largest absolute Gasteiger partial charge is 0.495 e. The van der Waals surface area contributed by atoms with Crippen LogP contribution in [0.4, 0.5) is 5.69 Å². The quantitative estimate of drug-likeness (QED) is 0.760. The highest BCUT2D eigenvalue weighted by Crippen LogP contribution is 2.27. The third-order valence-corrected chi connectivity index (χ3v) is 3.52. The Balaban J connectivity index is 2.53. The van der Waals surface area contributed by atoms with Crippen LogP contribution in [0.25, 0.3) is 0 Å². The first-order valence-electron chi connectivity index (χ1n) is 7.47. The van der Waals surface area contributed by atoms with E-state index in [4.69, 9.17) is 16.3 Å². The summed E-state index contributed by atoms with van der Waals surface area (Å²) in [6.45, 7) is 4.19. The molecule has 0 aromatic heterocycles. The zero-order chi connectivity index (χ0) is 17.4. The van der Waals surface area contributed by atoms with Crippen molar-refractivity contribution in [2.75, 3.05) is 32.6 Å². The second-order valence-electron chi connectivity index (χ2n) is 5.44. The van der Waals surface area contributed by atoms with Crippen LogP contribution in [0.3, 0.4) is 0 Å². The van der Waals surface area contributed by atoms with Crippen molar-refractivity contribution in [1.82, 2.24) is 10.2 Å². The van der Waals surface area contributed by atoms with E-state index in [1.54, 1.807) is 30.1 Å². The van der Waals surface area contributed by atoms with E-state index in [2.05, 4.69) is 10.6 Å². The van der Waals surface area contributed by atoms with Crippen LogP contribution in [0.1, 0.15) is 20.3 Å². The lowest BCUT2D eigenvalue weighted by Gasteiger charge is -2.18. The van der Waals surface area contributed by atoms with E-state index < -0.39 is 0 Å². The maximum atomic E-state index is 12.1. The molecule has 0 unspecified atom stereocenters. The van der Waals surface area contributed by atoms with Gasteiger partial charge in [0.05, 0.1) is 25.9 Å². The minimum Gasteiger partial charge on any atom is -0.495 e. The third kappa shape index (κ3) is 6.88. The number of likely N-dealkylation sites (N-methyl/N-ethyl adjacent to an activating group) is 1. The molecule has 0 aliphatic rings. The lowest BCUT2D eigenvalue weighted by molar-refractivity contribution is -0.123. The number of benzene rings is 1. The Hall–Kier alpha value is -1.79. The van der Waals surface area contributed by atoms with Gasteiger partial charge in [-0.25, -0.2) is 0 Å². The van der Waals surface area contributed by atoms with Gasteiger partial charge in [0.15, 0.2) is 0 Å². The van der Waals surface area contributed by atoms with E-state index in [0.29, 0.717) is 16.5 Å². The zero-order valence-corrected chi connectivity index (χ0v) is 14.7. The molecule has 7 heteroatoms. The summed E-state index contributed by atoms with van der Waals surface area (Å²) in [6, 6.07) is 5.11. The van der Waals surface area contributed by atoms with Crippen molar-refractivity contribution in [2.24, 2.45) is 0 Å². The van der Waals surface area contributed by atoms with Gasteiger partial charge < -0.3 is 15.4 Å². The molecular weight excluding hydrogens is 318 g/mol. The number of hydrogen-bond acceptors (Lipinski definition) is 4. The highest BCUT2D eigenvalue weighted by atomic mass is 35.5. The van der Waals surface area contributed by atoms with Gasteiger partial charge in [-0.15, -0.1) is 0 Å². The van der Waals surface area contributed by atoms with Crippen LogP contribution in [0.2, 0.25) is 5.02 Å². The lowest BCUT2D eigenvalue weighted by atomic mass is 10.2. The van der Waals surface area contributed by atoms with E-state index >= 15 is 0 Å². The number of carbonyl (C=O) groups is 2. The van der Waals surface area contributed by atoms with Crippen LogP contribution in [0.5, 0.6) is 5.75 Å². The highest BCUT2D eigenvalue weighted by Gasteiger charge is 2.14. The average Bonchev–Trinajstić information content (AvgIpc) is 2.46. The number of carbonyl (C=O) groups excluding carboxylic acids is 2. The Bertz CT molecular complexity index is 551. The average molecular weight is 342 g/mol. The van der Waals surface area contributed by atoms with Gasteiger partial charge in [0, 0.05) is 11.1 Å². The molecule has 1 aromatic carbocycles. The Morgan fingerprint density at radius 3 is 2.57 bits per heavy atom. The number of ether oxygens (including phenoxy) is 1. The topological polar surface area (TPSA) is 70.7 Å². The normalized spacial score (nSPS) is 11.9. The molecular formula is C16H24ClN3O3. The number of halogens is 1. The van der Waals surface area contributed by atoms with Crippen molar-refractivity contribution in [3.05, 3.63) is 23.2 Å². The van der Waals surface area contributed by atoms with Crippen molar-refractivity contribution >= 4 is 29.1 Å². The van der Waals surface area contributed by atoms with Crippen LogP contribution in [0, 0.1) is 0 Å². The molecule has 0 heterocycles. The van der Waals surface area contributed by atoms with Gasteiger partial charge in [-0.1, -0.05) is 18.5 Å². The summed E-state index contributed by atoms with van der Waals surface area (Å²) in [6.07, 6.45) is 0.866. The lowest BCUT2D eigenvalue weighted by Crippen LogP contribution is -2.41. The fraction of sp³-hybridized carbons (Fsp3) is 0.500. The summed E-state index contributed by atoms with van der Waals surface area (Å²) in [5, 5.41) is 6.10. The van der Waals surface area contributed by atoms with E-state index in [1.165, 1.54) is 7.11 Å². The summed E-state index contributed by atoms with van der Waals surface area (Å²) >= 11 is 5.92. The van der Waals surface area contributed by atoms with Crippen molar-refractivity contribution in [1.29, 1.82) is 0 Å². The number of rotatable bonds is 8. The van der Waals surface area contributed by atoms with Crippen LogP contribution >= 0.6 is 11.6 Å². The molecule has 0 bridgehead atoms. The maximum Gasteiger partial charge on any atom is 0.238 e. The predicted octanol–water partition coefficient (Wildman–Crippen LogP) is 2.13. The standard InChI is InChI=1S/C16H24ClN3O3/c1-5-11(2)18-15(21)9-20(3)10-16(22)19-13-8-12(17)6-7-14(13)23-4/h6-8,11H,5,9-10H2,1-4H3,(H,18,21)(H,19,22)/t11-/m1/s1. The molecule has 1 atom stereocenters. The minimum atomic E-state index is -0.246. The summed E-state index contributed by atoms with van der Waals surface area (Å²) < 4.78 is 5.18. The van der Waals surface area contributed by atoms with Crippen molar-refractivity contribution < 1.29 is 14.3 Å². The van der Waals surface area contributed by atoms with Gasteiger partial charge in [0.25, 0.3) is 0 Å². The zero-order valence-electron chi connectivity index (χ0n) is 14.0. The van der Waals surface area contributed by atoms with Gasteiger partial charge >= 0.3 is 0 Å². The number of amides is 2. The molecule has 0 aliphatic carbocycles. The Labute approximate surface area is 142 Å². The molecule has 128 valence electrons. The van der Waals surface area contributed by atoms with Crippen LogP contribution in [-0.4, -0.2) is 50.0 Å². The molecule has 2 amide bonds. The molecule has 0 aliphatic heterocycles. The molecule has 1 aromatic rings. The number of nitrogens with zero attached hydrogens (tertiary/aromatic N) is 1. The van der Waals surface area contributed by atoms with Gasteiger partial charge in [-0.2, -0.15) is 0 Å². The minimum absolute atomic E-state index is 0.0869. The number of methoxy groups -OCH3 is 1. The molecule has 6 nitrogen and oxygen atoms in total. The number of anilines is 1. The molecule has 0 fully saturated rings. The van der Waals surface area contributed by atoms with Crippen LogP contribution in [0.15, 0.2) is 18.2 Å². The first kappa shape index (κ1) is 19.3. The molecule has 23 heavy (non-hydrogen) atoms. The Morgan fingerprint density at radius 1 is 1.30 bits per heavy atom. The molecule has 0 saturated heterocycles. The Kier molecular flexibility index (Phi) is 7.85. The van der Waals surface area contributed by atoms with E-state index in [-0.39, 0.29) is 30.9 Å². The van der Waals surface area contributed by atoms with E-state index in [1.807, 2.05) is 13.8 Å². The SMILES string of the molecule is CC[C@@H](C)NC(=O)CN(C)CC(=O)Nc1cc(Cl)ccc1OC. The van der Waals surface area contributed by atoms with E-state index in [9.17, 15) is 9.59 Å². The highest BCUT2D eigenvalue weighted by molar-refractivity contribution is 6.31. The number of nitrogens with one attached hydrogen (secondary N) is 2. The first-order valence-corrected chi connectivity index (χ1v) is 7.84. The molecule has 0 radical (unpaired) electrons. The van der Waals surface area contributed by atoms with Crippen LogP contribution in [-0.2, 0) is 9.59 Å². The second-order valence-corrected chi connectivity index (χ2v) is 5.88. The van der Waals surface area contributed by atoms with Crippen LogP contribution < -0.4 is 15.4 Å². The first-order chi connectivity index (χ1) is 10.8. The second kappa shape index (κ2) is 9.37.